The highest BCUT2D eigenvalue weighted by Crippen LogP contribution is 2.35. The van der Waals surface area contributed by atoms with Gasteiger partial charge < -0.3 is 9.47 Å². The number of para-hydroxylation sites is 1. The highest BCUT2D eigenvalue weighted by atomic mass is 32.1. The summed E-state index contributed by atoms with van der Waals surface area (Å²) in [5, 5.41) is 2.00. The van der Waals surface area contributed by atoms with Crippen molar-refractivity contribution < 1.29 is 14.3 Å². The lowest BCUT2D eigenvalue weighted by Gasteiger charge is -2.25. The molecule has 0 bridgehead atoms. The number of carbonyl (C=O) groups excluding carboxylic acids is 1. The standard InChI is InChI=1S/C23H22N2O4S2/c1-5-29-22(27)19-14(3)24-23-25(20(19)15-8-6-7-9-16(15)28-4)21(26)18(31-23)12-17-13(2)10-11-30-17/h6-12,20H,5H2,1-4H3/b18-12-/t20-/m1/s1. The molecule has 1 atom stereocenters. The van der Waals surface area contributed by atoms with Crippen LogP contribution < -0.4 is 19.6 Å². The van der Waals surface area contributed by atoms with Crippen molar-refractivity contribution in [3.05, 3.63) is 82.7 Å². The van der Waals surface area contributed by atoms with Crippen molar-refractivity contribution >= 4 is 34.7 Å². The third-order valence-corrected chi connectivity index (χ3v) is 7.06. The second-order valence-corrected chi connectivity index (χ2v) is 8.97. The molecule has 1 aromatic carbocycles. The van der Waals surface area contributed by atoms with Crippen LogP contribution >= 0.6 is 22.7 Å². The summed E-state index contributed by atoms with van der Waals surface area (Å²) in [5.74, 6) is 0.107. The van der Waals surface area contributed by atoms with Crippen molar-refractivity contribution in [1.29, 1.82) is 0 Å². The van der Waals surface area contributed by atoms with E-state index in [4.69, 9.17) is 9.47 Å². The molecule has 0 saturated carbocycles. The molecule has 3 heterocycles. The van der Waals surface area contributed by atoms with Crippen molar-refractivity contribution in [2.75, 3.05) is 13.7 Å². The highest BCUT2D eigenvalue weighted by Gasteiger charge is 2.34. The van der Waals surface area contributed by atoms with Gasteiger partial charge in [-0.15, -0.1) is 11.3 Å². The Kier molecular flexibility index (Phi) is 5.93. The van der Waals surface area contributed by atoms with Gasteiger partial charge in [0.25, 0.3) is 5.56 Å². The third kappa shape index (κ3) is 3.77. The number of carbonyl (C=O) groups is 1. The van der Waals surface area contributed by atoms with Gasteiger partial charge in [-0.2, -0.15) is 0 Å². The third-order valence-electron chi connectivity index (χ3n) is 5.11. The summed E-state index contributed by atoms with van der Waals surface area (Å²) in [6, 6.07) is 8.74. The zero-order valence-corrected chi connectivity index (χ0v) is 19.3. The van der Waals surface area contributed by atoms with Crippen LogP contribution in [0.5, 0.6) is 5.75 Å². The molecule has 0 aliphatic carbocycles. The summed E-state index contributed by atoms with van der Waals surface area (Å²) in [5.41, 5.74) is 2.51. The van der Waals surface area contributed by atoms with Crippen LogP contribution in [0.2, 0.25) is 0 Å². The van der Waals surface area contributed by atoms with Crippen molar-refractivity contribution in [1.82, 2.24) is 4.57 Å². The molecule has 3 aromatic rings. The average molecular weight is 455 g/mol. The number of benzene rings is 1. The highest BCUT2D eigenvalue weighted by molar-refractivity contribution is 7.11. The number of esters is 1. The Morgan fingerprint density at radius 3 is 2.71 bits per heavy atom. The first-order valence-electron chi connectivity index (χ1n) is 9.83. The Morgan fingerprint density at radius 1 is 1.26 bits per heavy atom. The summed E-state index contributed by atoms with van der Waals surface area (Å²) in [4.78, 5) is 32.6. The SMILES string of the molecule is CCOC(=O)C1=C(C)N=c2s/c(=C\c3sccc3C)c(=O)n2[C@@H]1c1ccccc1OC. The molecule has 0 saturated heterocycles. The van der Waals surface area contributed by atoms with E-state index >= 15 is 0 Å². The number of nitrogens with zero attached hydrogens (tertiary/aromatic N) is 2. The summed E-state index contributed by atoms with van der Waals surface area (Å²) in [6.07, 6.45) is 1.90. The molecule has 0 spiro atoms. The molecule has 0 radical (unpaired) electrons. The fourth-order valence-corrected chi connectivity index (χ4v) is 5.59. The molecule has 0 amide bonds. The van der Waals surface area contributed by atoms with Crippen LogP contribution in [0.15, 0.2) is 56.8 Å². The number of methoxy groups -OCH3 is 1. The minimum Gasteiger partial charge on any atom is -0.496 e. The van der Waals surface area contributed by atoms with Crippen LogP contribution in [-0.4, -0.2) is 24.3 Å². The molecule has 1 aliphatic rings. The normalized spacial score (nSPS) is 16.1. The Balaban J connectivity index is 2.01. The largest absolute Gasteiger partial charge is 0.496 e. The molecular weight excluding hydrogens is 432 g/mol. The van der Waals surface area contributed by atoms with Gasteiger partial charge in [0, 0.05) is 10.4 Å². The second kappa shape index (κ2) is 8.64. The predicted molar refractivity (Wildman–Crippen MR) is 122 cm³/mol. The van der Waals surface area contributed by atoms with Crippen LogP contribution in [0, 0.1) is 6.92 Å². The fraction of sp³-hybridized carbons (Fsp3) is 0.261. The molecule has 31 heavy (non-hydrogen) atoms. The van der Waals surface area contributed by atoms with Crippen molar-refractivity contribution in [2.45, 2.75) is 26.8 Å². The maximum absolute atomic E-state index is 13.5. The van der Waals surface area contributed by atoms with E-state index in [1.54, 1.807) is 36.9 Å². The number of fused-ring (bicyclic) bond motifs is 1. The van der Waals surface area contributed by atoms with Gasteiger partial charge in [0.05, 0.1) is 29.5 Å². The monoisotopic (exact) mass is 454 g/mol. The van der Waals surface area contributed by atoms with E-state index in [0.29, 0.717) is 31.9 Å². The van der Waals surface area contributed by atoms with Crippen molar-refractivity contribution in [3.8, 4) is 5.75 Å². The number of ether oxygens (including phenoxy) is 2. The fourth-order valence-electron chi connectivity index (χ4n) is 3.63. The molecule has 0 N–H and O–H groups in total. The van der Waals surface area contributed by atoms with Gasteiger partial charge in [-0.05, 0) is 49.9 Å². The molecule has 0 fully saturated rings. The van der Waals surface area contributed by atoms with E-state index in [1.165, 1.54) is 11.3 Å². The van der Waals surface area contributed by atoms with Crippen LogP contribution in [-0.2, 0) is 9.53 Å². The van der Waals surface area contributed by atoms with E-state index in [2.05, 4.69) is 4.99 Å². The minimum absolute atomic E-state index is 0.193. The molecule has 0 unspecified atom stereocenters. The Labute approximate surface area is 187 Å². The quantitative estimate of drug-likeness (QED) is 0.556. The van der Waals surface area contributed by atoms with Gasteiger partial charge in [-0.25, -0.2) is 9.79 Å². The minimum atomic E-state index is -0.682. The van der Waals surface area contributed by atoms with Gasteiger partial charge in [-0.3, -0.25) is 9.36 Å². The van der Waals surface area contributed by atoms with Gasteiger partial charge >= 0.3 is 5.97 Å². The number of allylic oxidation sites excluding steroid dienone is 1. The molecule has 160 valence electrons. The number of rotatable bonds is 5. The Bertz CT molecular complexity index is 1360. The number of thiophene rings is 1. The first-order chi connectivity index (χ1) is 15.0. The lowest BCUT2D eigenvalue weighted by Crippen LogP contribution is -2.40. The number of hydrogen-bond acceptors (Lipinski definition) is 7. The topological polar surface area (TPSA) is 69.9 Å². The maximum Gasteiger partial charge on any atom is 0.338 e. The van der Waals surface area contributed by atoms with Gasteiger partial charge in [0.1, 0.15) is 11.8 Å². The van der Waals surface area contributed by atoms with Crippen LogP contribution in [0.4, 0.5) is 0 Å². The van der Waals surface area contributed by atoms with E-state index in [1.807, 2.05) is 48.7 Å². The van der Waals surface area contributed by atoms with Crippen molar-refractivity contribution in [3.63, 3.8) is 0 Å². The van der Waals surface area contributed by atoms with Crippen molar-refractivity contribution in [2.24, 2.45) is 4.99 Å². The predicted octanol–water partition coefficient (Wildman–Crippen LogP) is 3.18. The maximum atomic E-state index is 13.5. The van der Waals surface area contributed by atoms with Crippen LogP contribution in [0.1, 0.15) is 35.9 Å². The number of thiazole rings is 1. The number of hydrogen-bond donors (Lipinski definition) is 0. The summed E-state index contributed by atoms with van der Waals surface area (Å²) < 4.78 is 13.0. The number of aryl methyl sites for hydroxylation is 1. The zero-order chi connectivity index (χ0) is 22.1. The first kappa shape index (κ1) is 21.3. The van der Waals surface area contributed by atoms with Crippen LogP contribution in [0.3, 0.4) is 0 Å². The molecule has 2 aromatic heterocycles. The van der Waals surface area contributed by atoms with E-state index in [9.17, 15) is 9.59 Å². The van der Waals surface area contributed by atoms with Gasteiger partial charge in [-0.1, -0.05) is 29.5 Å². The van der Waals surface area contributed by atoms with E-state index in [-0.39, 0.29) is 12.2 Å². The average Bonchev–Trinajstić information content (AvgIpc) is 3.30. The summed E-state index contributed by atoms with van der Waals surface area (Å²) in [6.45, 7) is 5.77. The molecule has 4 rings (SSSR count). The first-order valence-corrected chi connectivity index (χ1v) is 11.5. The van der Waals surface area contributed by atoms with E-state index in [0.717, 1.165) is 10.4 Å². The number of aromatic nitrogens is 1. The van der Waals surface area contributed by atoms with E-state index < -0.39 is 12.0 Å². The molecule has 6 nitrogen and oxygen atoms in total. The Morgan fingerprint density at radius 2 is 2.03 bits per heavy atom. The van der Waals surface area contributed by atoms with Gasteiger partial charge in [0.15, 0.2) is 4.80 Å². The second-order valence-electron chi connectivity index (χ2n) is 7.01. The van der Waals surface area contributed by atoms with Crippen LogP contribution in [0.25, 0.3) is 6.08 Å². The summed E-state index contributed by atoms with van der Waals surface area (Å²) in [7, 11) is 1.57. The molecule has 8 heteroatoms. The van der Waals surface area contributed by atoms with Gasteiger partial charge in [0.2, 0.25) is 0 Å². The lowest BCUT2D eigenvalue weighted by molar-refractivity contribution is -0.139. The zero-order valence-electron chi connectivity index (χ0n) is 17.7. The summed E-state index contributed by atoms with van der Waals surface area (Å²) >= 11 is 2.90. The smallest absolute Gasteiger partial charge is 0.338 e. The lowest BCUT2D eigenvalue weighted by atomic mass is 9.95. The molecule has 1 aliphatic heterocycles. The Hall–Kier alpha value is -2.97. The molecular formula is C23H22N2O4S2.